The molecule has 11 heteroatoms. The number of carbonyl (C=O) groups is 1. The first kappa shape index (κ1) is 25.8. The van der Waals surface area contributed by atoms with Crippen molar-refractivity contribution in [3.63, 3.8) is 0 Å². The molecule has 0 aliphatic carbocycles. The van der Waals surface area contributed by atoms with Crippen LogP contribution in [0.25, 0.3) is 0 Å². The molecule has 0 atom stereocenters. The molecule has 1 N–H and O–H groups in total. The van der Waals surface area contributed by atoms with Crippen molar-refractivity contribution in [3.05, 3.63) is 90.5 Å². The summed E-state index contributed by atoms with van der Waals surface area (Å²) in [7, 11) is 1.52. The molecule has 0 fully saturated rings. The fourth-order valence-corrected chi connectivity index (χ4v) is 4.36. The summed E-state index contributed by atoms with van der Waals surface area (Å²) in [6.07, 6.45) is 1.51. The number of rotatable bonds is 10. The van der Waals surface area contributed by atoms with Crippen molar-refractivity contribution < 1.29 is 19.2 Å². The molecule has 0 radical (unpaired) electrons. The first-order valence-electron chi connectivity index (χ1n) is 9.79. The van der Waals surface area contributed by atoms with Crippen LogP contribution in [0.3, 0.4) is 0 Å². The van der Waals surface area contributed by atoms with Crippen molar-refractivity contribution in [2.45, 2.75) is 11.5 Å². The zero-order chi connectivity index (χ0) is 24.5. The Morgan fingerprint density at radius 3 is 2.71 bits per heavy atom. The Bertz CT molecular complexity index is 1210. The van der Waals surface area contributed by atoms with Crippen LogP contribution >= 0.6 is 46.0 Å². The SMILES string of the molecule is COc1cc(/C=N\NC(=O)CSc2ccc(Cl)cc2)cc(I)c1OCc1cccc([N+](=O)[O-])c1. The van der Waals surface area contributed by atoms with Crippen LogP contribution in [0.5, 0.6) is 11.5 Å². The van der Waals surface area contributed by atoms with Gasteiger partial charge in [-0.3, -0.25) is 14.9 Å². The molecule has 8 nitrogen and oxygen atoms in total. The maximum atomic E-state index is 12.0. The fourth-order valence-electron chi connectivity index (χ4n) is 2.76. The molecule has 1 amide bonds. The Kier molecular flexibility index (Phi) is 9.54. The zero-order valence-corrected chi connectivity index (χ0v) is 21.6. The monoisotopic (exact) mass is 611 g/mol. The van der Waals surface area contributed by atoms with E-state index in [0.29, 0.717) is 27.6 Å². The molecule has 3 aromatic rings. The first-order chi connectivity index (χ1) is 16.4. The maximum Gasteiger partial charge on any atom is 0.269 e. The van der Waals surface area contributed by atoms with Crippen LogP contribution in [0.2, 0.25) is 5.02 Å². The number of nitro groups is 1. The molecule has 176 valence electrons. The lowest BCUT2D eigenvalue weighted by atomic mass is 10.2. The summed E-state index contributed by atoms with van der Waals surface area (Å²) in [5.41, 5.74) is 3.87. The number of nitrogens with one attached hydrogen (secondary N) is 1. The second-order valence-corrected chi connectivity index (χ2v) is 9.43. The summed E-state index contributed by atoms with van der Waals surface area (Å²) in [5, 5.41) is 15.6. The van der Waals surface area contributed by atoms with Crippen LogP contribution in [-0.4, -0.2) is 29.9 Å². The quantitative estimate of drug-likeness (QED) is 0.104. The van der Waals surface area contributed by atoms with Gasteiger partial charge in [0.1, 0.15) is 6.61 Å². The average Bonchev–Trinajstić information content (AvgIpc) is 2.83. The summed E-state index contributed by atoms with van der Waals surface area (Å²) >= 11 is 9.35. The Labute approximate surface area is 219 Å². The minimum atomic E-state index is -0.447. The smallest absolute Gasteiger partial charge is 0.269 e. The first-order valence-corrected chi connectivity index (χ1v) is 12.2. The van der Waals surface area contributed by atoms with Gasteiger partial charge in [0.05, 0.1) is 27.6 Å². The number of methoxy groups -OCH3 is 1. The van der Waals surface area contributed by atoms with E-state index in [9.17, 15) is 14.9 Å². The van der Waals surface area contributed by atoms with Crippen molar-refractivity contribution in [1.29, 1.82) is 0 Å². The number of nitro benzene ring substituents is 1. The molecule has 0 saturated heterocycles. The normalized spacial score (nSPS) is 10.8. The van der Waals surface area contributed by atoms with Crippen LogP contribution in [0.1, 0.15) is 11.1 Å². The van der Waals surface area contributed by atoms with E-state index in [1.807, 2.05) is 18.2 Å². The van der Waals surface area contributed by atoms with Crippen molar-refractivity contribution >= 4 is 63.8 Å². The minimum Gasteiger partial charge on any atom is -0.493 e. The third kappa shape index (κ3) is 7.61. The molecule has 3 rings (SSSR count). The number of hydrogen-bond acceptors (Lipinski definition) is 7. The summed E-state index contributed by atoms with van der Waals surface area (Å²) in [4.78, 5) is 23.5. The van der Waals surface area contributed by atoms with Gasteiger partial charge in [-0.25, -0.2) is 5.43 Å². The molecule has 0 bridgehead atoms. The lowest BCUT2D eigenvalue weighted by molar-refractivity contribution is -0.384. The minimum absolute atomic E-state index is 0.00272. The highest BCUT2D eigenvalue weighted by molar-refractivity contribution is 14.1. The highest BCUT2D eigenvalue weighted by Crippen LogP contribution is 2.34. The van der Waals surface area contributed by atoms with Gasteiger partial charge in [0.25, 0.3) is 5.69 Å². The number of benzene rings is 3. The molecular formula is C23H19ClIN3O5S. The Balaban J connectivity index is 1.59. The van der Waals surface area contributed by atoms with Gasteiger partial charge in [0.15, 0.2) is 11.5 Å². The number of hydrazone groups is 1. The molecule has 0 unspecified atom stereocenters. The highest BCUT2D eigenvalue weighted by atomic mass is 127. The van der Waals surface area contributed by atoms with Gasteiger partial charge in [-0.2, -0.15) is 5.10 Å². The van der Waals surface area contributed by atoms with Crippen LogP contribution < -0.4 is 14.9 Å². The standard InChI is InChI=1S/C23H19ClIN3O5S/c1-32-21-11-16(12-26-27-22(29)14-34-19-7-5-17(24)6-8-19)10-20(25)23(21)33-13-15-3-2-4-18(9-15)28(30)31/h2-12H,13-14H2,1H3,(H,27,29)/b26-12-. The summed E-state index contributed by atoms with van der Waals surface area (Å²) in [6, 6.07) is 17.0. The topological polar surface area (TPSA) is 103 Å². The van der Waals surface area contributed by atoms with E-state index in [1.165, 1.54) is 37.2 Å². The predicted octanol–water partition coefficient (Wildman–Crippen LogP) is 5.68. The second kappa shape index (κ2) is 12.6. The van der Waals surface area contributed by atoms with E-state index in [4.69, 9.17) is 21.1 Å². The van der Waals surface area contributed by atoms with Crippen LogP contribution in [0.4, 0.5) is 5.69 Å². The molecule has 0 aliphatic heterocycles. The molecule has 0 aromatic heterocycles. The number of non-ortho nitro benzene ring substituents is 1. The number of halogens is 2. The van der Waals surface area contributed by atoms with Crippen molar-refractivity contribution in [2.75, 3.05) is 12.9 Å². The van der Waals surface area contributed by atoms with Gasteiger partial charge in [0.2, 0.25) is 5.91 Å². The zero-order valence-electron chi connectivity index (χ0n) is 17.9. The summed E-state index contributed by atoms with van der Waals surface area (Å²) in [5.74, 6) is 0.956. The molecule has 3 aromatic carbocycles. The van der Waals surface area contributed by atoms with E-state index in [0.717, 1.165) is 8.47 Å². The Morgan fingerprint density at radius 1 is 1.24 bits per heavy atom. The summed E-state index contributed by atoms with van der Waals surface area (Å²) < 4.78 is 12.1. The number of ether oxygens (including phenoxy) is 2. The van der Waals surface area contributed by atoms with Crippen molar-refractivity contribution in [3.8, 4) is 11.5 Å². The van der Waals surface area contributed by atoms with E-state index >= 15 is 0 Å². The van der Waals surface area contributed by atoms with Gasteiger partial charge < -0.3 is 9.47 Å². The molecular weight excluding hydrogens is 593 g/mol. The number of nitrogens with zero attached hydrogens (tertiary/aromatic N) is 2. The molecule has 0 spiro atoms. The van der Waals surface area contributed by atoms with Crippen molar-refractivity contribution in [2.24, 2.45) is 5.10 Å². The van der Waals surface area contributed by atoms with E-state index in [1.54, 1.807) is 30.3 Å². The van der Waals surface area contributed by atoms with Crippen LogP contribution in [0.15, 0.2) is 70.7 Å². The number of amides is 1. The number of carbonyl (C=O) groups excluding carboxylic acids is 1. The predicted molar refractivity (Wildman–Crippen MR) is 141 cm³/mol. The Morgan fingerprint density at radius 2 is 2.00 bits per heavy atom. The number of thioether (sulfide) groups is 1. The molecule has 34 heavy (non-hydrogen) atoms. The average molecular weight is 612 g/mol. The fraction of sp³-hybridized carbons (Fsp3) is 0.130. The Hall–Kier alpha value is -2.83. The van der Waals surface area contributed by atoms with Gasteiger partial charge in [-0.15, -0.1) is 11.8 Å². The van der Waals surface area contributed by atoms with Gasteiger partial charge in [-0.1, -0.05) is 23.7 Å². The number of hydrogen-bond donors (Lipinski definition) is 1. The molecule has 0 heterocycles. The van der Waals surface area contributed by atoms with Gasteiger partial charge in [-0.05, 0) is 70.1 Å². The largest absolute Gasteiger partial charge is 0.493 e. The lowest BCUT2D eigenvalue weighted by Crippen LogP contribution is -2.19. The molecule has 0 saturated carbocycles. The third-order valence-corrected chi connectivity index (χ3v) is 6.41. The maximum absolute atomic E-state index is 12.0. The molecule has 0 aliphatic rings. The van der Waals surface area contributed by atoms with Gasteiger partial charge in [0, 0.05) is 22.1 Å². The van der Waals surface area contributed by atoms with Crippen molar-refractivity contribution in [1.82, 2.24) is 5.43 Å². The van der Waals surface area contributed by atoms with Crippen LogP contribution in [-0.2, 0) is 11.4 Å². The second-order valence-electron chi connectivity index (χ2n) is 6.79. The van der Waals surface area contributed by atoms with Crippen LogP contribution in [0, 0.1) is 13.7 Å². The van der Waals surface area contributed by atoms with E-state index in [-0.39, 0.29) is 24.0 Å². The van der Waals surface area contributed by atoms with Gasteiger partial charge >= 0.3 is 0 Å². The third-order valence-electron chi connectivity index (χ3n) is 4.34. The highest BCUT2D eigenvalue weighted by Gasteiger charge is 2.13. The lowest BCUT2D eigenvalue weighted by Gasteiger charge is -2.13. The van der Waals surface area contributed by atoms with E-state index in [2.05, 4.69) is 33.1 Å². The van der Waals surface area contributed by atoms with E-state index < -0.39 is 4.92 Å². The summed E-state index contributed by atoms with van der Waals surface area (Å²) in [6.45, 7) is 0.142.